The predicted molar refractivity (Wildman–Crippen MR) is 110 cm³/mol. The van der Waals surface area contributed by atoms with Gasteiger partial charge in [0.2, 0.25) is 0 Å². The summed E-state index contributed by atoms with van der Waals surface area (Å²) in [6, 6.07) is 11.8. The van der Waals surface area contributed by atoms with E-state index in [4.69, 9.17) is 9.47 Å². The van der Waals surface area contributed by atoms with Crippen LogP contribution in [0, 0.1) is 6.92 Å². The summed E-state index contributed by atoms with van der Waals surface area (Å²) in [6.07, 6.45) is 0.865. The molecular formula is C23H25NO5. The number of nitrogens with zero attached hydrogens (tertiary/aromatic N) is 1. The van der Waals surface area contributed by atoms with Crippen LogP contribution in [0.15, 0.2) is 48.0 Å². The topological polar surface area (TPSA) is 76.1 Å². The van der Waals surface area contributed by atoms with Crippen molar-refractivity contribution in [2.75, 3.05) is 20.8 Å². The Morgan fingerprint density at radius 2 is 1.93 bits per heavy atom. The van der Waals surface area contributed by atoms with Crippen LogP contribution in [0.3, 0.4) is 0 Å². The molecule has 152 valence electrons. The van der Waals surface area contributed by atoms with E-state index in [1.807, 2.05) is 38.1 Å². The Morgan fingerprint density at radius 1 is 1.17 bits per heavy atom. The van der Waals surface area contributed by atoms with Gasteiger partial charge in [0, 0.05) is 7.05 Å². The van der Waals surface area contributed by atoms with Gasteiger partial charge in [-0.1, -0.05) is 30.7 Å². The van der Waals surface area contributed by atoms with Gasteiger partial charge < -0.3 is 19.5 Å². The number of aliphatic hydroxyl groups is 1. The first-order valence-corrected chi connectivity index (χ1v) is 9.51. The summed E-state index contributed by atoms with van der Waals surface area (Å²) in [5, 5.41) is 11.1. The largest absolute Gasteiger partial charge is 0.507 e. The monoisotopic (exact) mass is 395 g/mol. The van der Waals surface area contributed by atoms with Crippen molar-refractivity contribution < 1.29 is 24.2 Å². The number of hydrogen-bond acceptors (Lipinski definition) is 5. The molecule has 1 unspecified atom stereocenters. The number of carbonyl (C=O) groups is 2. The molecule has 0 aromatic heterocycles. The average Bonchev–Trinajstić information content (AvgIpc) is 2.95. The lowest BCUT2D eigenvalue weighted by molar-refractivity contribution is -0.139. The van der Waals surface area contributed by atoms with E-state index < -0.39 is 17.7 Å². The summed E-state index contributed by atoms with van der Waals surface area (Å²) in [5.41, 5.74) is 1.99. The third-order valence-electron chi connectivity index (χ3n) is 4.93. The molecule has 1 fully saturated rings. The number of carbonyl (C=O) groups excluding carboxylic acids is 2. The van der Waals surface area contributed by atoms with Crippen molar-refractivity contribution in [3.8, 4) is 11.5 Å². The maximum absolute atomic E-state index is 12.8. The van der Waals surface area contributed by atoms with Gasteiger partial charge in [-0.2, -0.15) is 0 Å². The molecule has 1 N–H and O–H groups in total. The maximum Gasteiger partial charge on any atom is 0.295 e. The SMILES string of the molecule is CCCOc1cccc(C2/C(=C(\O)c3cc(C)ccc3OC)C(=O)C(=O)N2C)c1. The molecule has 2 aromatic carbocycles. The second-order valence-corrected chi connectivity index (χ2v) is 7.03. The summed E-state index contributed by atoms with van der Waals surface area (Å²) in [7, 11) is 3.05. The highest BCUT2D eigenvalue weighted by atomic mass is 16.5. The van der Waals surface area contributed by atoms with E-state index in [9.17, 15) is 14.7 Å². The highest BCUT2D eigenvalue weighted by molar-refractivity contribution is 6.46. The van der Waals surface area contributed by atoms with E-state index >= 15 is 0 Å². The molecule has 29 heavy (non-hydrogen) atoms. The number of likely N-dealkylation sites (tertiary alicyclic amines) is 1. The first-order valence-electron chi connectivity index (χ1n) is 9.51. The van der Waals surface area contributed by atoms with Crippen molar-refractivity contribution in [3.63, 3.8) is 0 Å². The zero-order valence-corrected chi connectivity index (χ0v) is 17.1. The smallest absolute Gasteiger partial charge is 0.295 e. The number of methoxy groups -OCH3 is 1. The van der Waals surface area contributed by atoms with Gasteiger partial charge in [-0.3, -0.25) is 9.59 Å². The fourth-order valence-electron chi connectivity index (χ4n) is 3.48. The Labute approximate surface area is 170 Å². The van der Waals surface area contributed by atoms with Crippen LogP contribution in [0.25, 0.3) is 5.76 Å². The molecule has 1 atom stereocenters. The van der Waals surface area contributed by atoms with Gasteiger partial charge in [0.05, 0.1) is 30.9 Å². The molecule has 1 aliphatic heterocycles. The minimum atomic E-state index is -0.724. The van der Waals surface area contributed by atoms with Crippen molar-refractivity contribution in [1.82, 2.24) is 4.90 Å². The van der Waals surface area contributed by atoms with Crippen molar-refractivity contribution in [3.05, 3.63) is 64.7 Å². The number of likely N-dealkylation sites (N-methyl/N-ethyl adjacent to an activating group) is 1. The molecule has 0 spiro atoms. The molecule has 6 heteroatoms. The van der Waals surface area contributed by atoms with Gasteiger partial charge in [0.1, 0.15) is 17.3 Å². The van der Waals surface area contributed by atoms with Crippen molar-refractivity contribution in [1.29, 1.82) is 0 Å². The molecule has 2 aromatic rings. The molecule has 3 rings (SSSR count). The van der Waals surface area contributed by atoms with Crippen LogP contribution in [-0.2, 0) is 9.59 Å². The standard InChI is InChI=1S/C23H25NO5/c1-5-11-29-16-8-6-7-15(13-16)20-19(22(26)23(27)24(20)3)21(25)17-12-14(2)9-10-18(17)28-4/h6-10,12-13,20,25H,5,11H2,1-4H3/b21-19+. The summed E-state index contributed by atoms with van der Waals surface area (Å²) in [6.45, 7) is 4.46. The molecule has 1 aliphatic rings. The van der Waals surface area contributed by atoms with Crippen LogP contribution in [0.2, 0.25) is 0 Å². The Bertz CT molecular complexity index is 979. The van der Waals surface area contributed by atoms with Gasteiger partial charge >= 0.3 is 0 Å². The molecule has 0 saturated carbocycles. The van der Waals surface area contributed by atoms with E-state index in [1.54, 1.807) is 25.2 Å². The summed E-state index contributed by atoms with van der Waals surface area (Å²) in [4.78, 5) is 26.6. The van der Waals surface area contributed by atoms with Gasteiger partial charge in [-0.15, -0.1) is 0 Å². The Kier molecular flexibility index (Phi) is 5.92. The van der Waals surface area contributed by atoms with E-state index in [0.717, 1.165) is 12.0 Å². The molecule has 1 amide bonds. The molecule has 0 aliphatic carbocycles. The normalized spacial score (nSPS) is 18.2. The molecule has 0 bridgehead atoms. The number of aryl methyl sites for hydroxylation is 1. The Balaban J connectivity index is 2.16. The number of Topliss-reactive ketones (excluding diaryl/α,β-unsaturated/α-hetero) is 1. The number of benzene rings is 2. The molecule has 1 heterocycles. The van der Waals surface area contributed by atoms with Gasteiger partial charge in [-0.25, -0.2) is 0 Å². The fourth-order valence-corrected chi connectivity index (χ4v) is 3.48. The number of aliphatic hydroxyl groups excluding tert-OH is 1. The van der Waals surface area contributed by atoms with Crippen molar-refractivity contribution >= 4 is 17.4 Å². The minimum absolute atomic E-state index is 0.0361. The Morgan fingerprint density at radius 3 is 2.62 bits per heavy atom. The van der Waals surface area contributed by atoms with Gasteiger partial charge in [-0.05, 0) is 43.2 Å². The molecule has 0 radical (unpaired) electrons. The van der Waals surface area contributed by atoms with E-state index in [1.165, 1.54) is 12.0 Å². The van der Waals surface area contributed by atoms with Crippen LogP contribution in [-0.4, -0.2) is 42.5 Å². The lowest BCUT2D eigenvalue weighted by Crippen LogP contribution is -2.24. The van der Waals surface area contributed by atoms with E-state index in [2.05, 4.69) is 0 Å². The number of ether oxygens (including phenoxy) is 2. The van der Waals surface area contributed by atoms with E-state index in [0.29, 0.717) is 29.2 Å². The Hall–Kier alpha value is -3.28. The number of hydrogen-bond donors (Lipinski definition) is 1. The number of amides is 1. The van der Waals surface area contributed by atoms with Gasteiger partial charge in [0.25, 0.3) is 11.7 Å². The predicted octanol–water partition coefficient (Wildman–Crippen LogP) is 3.84. The summed E-state index contributed by atoms with van der Waals surface area (Å²) < 4.78 is 11.0. The third kappa shape index (κ3) is 3.83. The van der Waals surface area contributed by atoms with Gasteiger partial charge in [0.15, 0.2) is 0 Å². The molecule has 6 nitrogen and oxygen atoms in total. The zero-order valence-electron chi connectivity index (χ0n) is 17.1. The summed E-state index contributed by atoms with van der Waals surface area (Å²) in [5.74, 6) is -0.565. The van der Waals surface area contributed by atoms with Crippen LogP contribution < -0.4 is 9.47 Å². The van der Waals surface area contributed by atoms with Crippen LogP contribution in [0.5, 0.6) is 11.5 Å². The minimum Gasteiger partial charge on any atom is -0.507 e. The first kappa shape index (κ1) is 20.5. The fraction of sp³-hybridized carbons (Fsp3) is 0.304. The zero-order chi connectivity index (χ0) is 21.1. The first-order chi connectivity index (χ1) is 13.9. The number of ketones is 1. The van der Waals surface area contributed by atoms with E-state index in [-0.39, 0.29) is 11.3 Å². The number of rotatable bonds is 6. The quantitative estimate of drug-likeness (QED) is 0.457. The van der Waals surface area contributed by atoms with Crippen molar-refractivity contribution in [2.45, 2.75) is 26.3 Å². The second kappa shape index (κ2) is 8.39. The lowest BCUT2D eigenvalue weighted by atomic mass is 9.94. The van der Waals surface area contributed by atoms with Crippen LogP contribution in [0.4, 0.5) is 0 Å². The maximum atomic E-state index is 12.8. The van der Waals surface area contributed by atoms with Crippen molar-refractivity contribution in [2.24, 2.45) is 0 Å². The lowest BCUT2D eigenvalue weighted by Gasteiger charge is -2.22. The highest BCUT2D eigenvalue weighted by Gasteiger charge is 2.44. The molecular weight excluding hydrogens is 370 g/mol. The highest BCUT2D eigenvalue weighted by Crippen LogP contribution is 2.40. The third-order valence-corrected chi connectivity index (χ3v) is 4.93. The average molecular weight is 395 g/mol. The van der Waals surface area contributed by atoms with Crippen LogP contribution in [0.1, 0.15) is 36.1 Å². The second-order valence-electron chi connectivity index (χ2n) is 7.03. The summed E-state index contributed by atoms with van der Waals surface area (Å²) >= 11 is 0. The van der Waals surface area contributed by atoms with Crippen LogP contribution >= 0.6 is 0 Å². The molecule has 1 saturated heterocycles.